The lowest BCUT2D eigenvalue weighted by atomic mass is 9.74. The number of likely N-dealkylation sites (tertiary alicyclic amines) is 2. The molecule has 3 aliphatic heterocycles. The van der Waals surface area contributed by atoms with Crippen molar-refractivity contribution in [2.24, 2.45) is 0 Å². The Hall–Kier alpha value is -2.49. The van der Waals surface area contributed by atoms with Gasteiger partial charge in [-0.05, 0) is 69.0 Å². The molecule has 1 atom stereocenters. The fraction of sp³-hybridized carbons (Fsp3) is 0.667. The third kappa shape index (κ3) is 4.96. The summed E-state index contributed by atoms with van der Waals surface area (Å²) in [6.07, 6.45) is 0.760. The van der Waals surface area contributed by atoms with Crippen LogP contribution in [-0.2, 0) is 10.2 Å². The van der Waals surface area contributed by atoms with E-state index in [1.165, 1.54) is 11.0 Å². The topological polar surface area (TPSA) is 56.3 Å². The minimum absolute atomic E-state index is 0.102. The second kappa shape index (κ2) is 10.0. The van der Waals surface area contributed by atoms with E-state index in [0.29, 0.717) is 19.6 Å². The lowest BCUT2D eigenvalue weighted by molar-refractivity contribution is 0.0318. The Morgan fingerprint density at radius 2 is 1.88 bits per heavy atom. The first-order valence-corrected chi connectivity index (χ1v) is 11.9. The summed E-state index contributed by atoms with van der Waals surface area (Å²) in [4.78, 5) is 32.1. The molecular formula is C24H33F3N4O3. The fourth-order valence-electron chi connectivity index (χ4n) is 5.65. The van der Waals surface area contributed by atoms with Crippen LogP contribution in [0.2, 0.25) is 0 Å². The highest BCUT2D eigenvalue weighted by Gasteiger charge is 2.47. The predicted molar refractivity (Wildman–Crippen MR) is 122 cm³/mol. The summed E-state index contributed by atoms with van der Waals surface area (Å²) in [7, 11) is 3.44. The van der Waals surface area contributed by atoms with E-state index in [-0.39, 0.29) is 23.3 Å². The van der Waals surface area contributed by atoms with Crippen molar-refractivity contribution in [1.29, 1.82) is 0 Å². The van der Waals surface area contributed by atoms with Gasteiger partial charge in [-0.25, -0.2) is 22.8 Å². The number of fused-ring (bicyclic) bond motifs is 2. The third-order valence-electron chi connectivity index (χ3n) is 7.46. The van der Waals surface area contributed by atoms with Crippen LogP contribution in [0.3, 0.4) is 0 Å². The predicted octanol–water partition coefficient (Wildman–Crippen LogP) is 3.92. The van der Waals surface area contributed by atoms with Gasteiger partial charge in [0.25, 0.3) is 6.43 Å². The van der Waals surface area contributed by atoms with Crippen LogP contribution in [0.4, 0.5) is 28.4 Å². The first kappa shape index (κ1) is 24.6. The summed E-state index contributed by atoms with van der Waals surface area (Å²) in [5.74, 6) is -0.290. The molecule has 0 saturated carbocycles. The standard InChI is InChI=1S/C24H33F3N4O3/c1-28(2)22(32)31-16-24(19-14-17(25)5-6-20(19)31)8-12-29(13-9-24)18-4-3-10-30(11-7-18)23(33)34-15-21(26)27/h5-6,14,18,21H,3-4,7-13,15-16H2,1-2H3. The van der Waals surface area contributed by atoms with Crippen molar-refractivity contribution in [3.8, 4) is 0 Å². The molecule has 10 heteroatoms. The van der Waals surface area contributed by atoms with Gasteiger partial charge in [0.15, 0.2) is 6.61 Å². The molecule has 188 valence electrons. The molecular weight excluding hydrogens is 449 g/mol. The van der Waals surface area contributed by atoms with Gasteiger partial charge in [0.1, 0.15) is 5.82 Å². The summed E-state index contributed by atoms with van der Waals surface area (Å²) < 4.78 is 43.6. The number of hydrogen-bond donors (Lipinski definition) is 0. The zero-order valence-corrected chi connectivity index (χ0v) is 19.8. The Bertz CT molecular complexity index is 905. The van der Waals surface area contributed by atoms with Gasteiger partial charge in [-0.3, -0.25) is 4.90 Å². The van der Waals surface area contributed by atoms with Gasteiger partial charge in [0.05, 0.1) is 0 Å². The van der Waals surface area contributed by atoms with Crippen LogP contribution in [0.25, 0.3) is 0 Å². The number of carbonyl (C=O) groups excluding carboxylic acids is 2. The van der Waals surface area contributed by atoms with Gasteiger partial charge in [-0.15, -0.1) is 0 Å². The number of hydrogen-bond acceptors (Lipinski definition) is 4. The minimum Gasteiger partial charge on any atom is -0.443 e. The number of amides is 3. The summed E-state index contributed by atoms with van der Waals surface area (Å²) in [6, 6.07) is 4.89. The fourth-order valence-corrected chi connectivity index (χ4v) is 5.65. The molecule has 34 heavy (non-hydrogen) atoms. The molecule has 7 nitrogen and oxygen atoms in total. The Morgan fingerprint density at radius 3 is 2.56 bits per heavy atom. The highest BCUT2D eigenvalue weighted by Crippen LogP contribution is 2.48. The van der Waals surface area contributed by atoms with E-state index in [0.717, 1.165) is 56.4 Å². The molecule has 3 heterocycles. The van der Waals surface area contributed by atoms with E-state index in [9.17, 15) is 22.8 Å². The van der Waals surface area contributed by atoms with Crippen molar-refractivity contribution >= 4 is 17.8 Å². The van der Waals surface area contributed by atoms with Crippen molar-refractivity contribution in [3.05, 3.63) is 29.6 Å². The number of halogens is 3. The molecule has 0 N–H and O–H groups in total. The number of urea groups is 1. The van der Waals surface area contributed by atoms with E-state index in [4.69, 9.17) is 0 Å². The molecule has 1 unspecified atom stereocenters. The Balaban J connectivity index is 1.40. The molecule has 0 aliphatic carbocycles. The summed E-state index contributed by atoms with van der Waals surface area (Å²) in [6.45, 7) is 2.30. The average molecular weight is 483 g/mol. The van der Waals surface area contributed by atoms with Gasteiger partial charge in [-0.1, -0.05) is 0 Å². The number of rotatable bonds is 3. The van der Waals surface area contributed by atoms with Crippen LogP contribution in [-0.4, -0.2) is 92.7 Å². The van der Waals surface area contributed by atoms with Gasteiger partial charge in [0, 0.05) is 50.9 Å². The molecule has 1 spiro atoms. The number of nitrogens with zero attached hydrogens (tertiary/aromatic N) is 4. The van der Waals surface area contributed by atoms with E-state index in [1.807, 2.05) is 0 Å². The molecule has 3 amide bonds. The second-order valence-corrected chi connectivity index (χ2v) is 9.78. The normalized spacial score (nSPS) is 22.6. The highest BCUT2D eigenvalue weighted by molar-refractivity contribution is 5.95. The zero-order valence-electron chi connectivity index (χ0n) is 19.8. The van der Waals surface area contributed by atoms with Crippen LogP contribution >= 0.6 is 0 Å². The number of anilines is 1. The smallest absolute Gasteiger partial charge is 0.409 e. The van der Waals surface area contributed by atoms with Gasteiger partial charge >= 0.3 is 12.1 Å². The monoisotopic (exact) mass is 482 g/mol. The SMILES string of the molecule is CN(C)C(=O)N1CC2(CCN(C3CCCN(C(=O)OCC(F)F)CC3)CC2)c2cc(F)ccc21. The molecule has 3 aliphatic rings. The molecule has 0 radical (unpaired) electrons. The van der Waals surface area contributed by atoms with Crippen molar-refractivity contribution in [1.82, 2.24) is 14.7 Å². The maximum absolute atomic E-state index is 14.2. The van der Waals surface area contributed by atoms with Crippen molar-refractivity contribution in [2.75, 3.05) is 58.3 Å². The molecule has 2 fully saturated rings. The quantitative estimate of drug-likeness (QED) is 0.656. The van der Waals surface area contributed by atoms with Crippen molar-refractivity contribution in [2.45, 2.75) is 50.0 Å². The number of piperidine rings is 1. The second-order valence-electron chi connectivity index (χ2n) is 9.78. The van der Waals surface area contributed by atoms with Crippen molar-refractivity contribution < 1.29 is 27.5 Å². The Labute approximate surface area is 198 Å². The lowest BCUT2D eigenvalue weighted by Gasteiger charge is -2.43. The van der Waals surface area contributed by atoms with Crippen LogP contribution < -0.4 is 4.90 Å². The highest BCUT2D eigenvalue weighted by atomic mass is 19.3. The number of benzene rings is 1. The first-order valence-electron chi connectivity index (χ1n) is 11.9. The third-order valence-corrected chi connectivity index (χ3v) is 7.46. The van der Waals surface area contributed by atoms with Crippen LogP contribution in [0, 0.1) is 5.82 Å². The van der Waals surface area contributed by atoms with E-state index >= 15 is 0 Å². The van der Waals surface area contributed by atoms with Crippen LogP contribution in [0.15, 0.2) is 18.2 Å². The molecule has 0 aromatic heterocycles. The van der Waals surface area contributed by atoms with Gasteiger partial charge < -0.3 is 19.4 Å². The Morgan fingerprint density at radius 1 is 1.15 bits per heavy atom. The number of carbonyl (C=O) groups is 2. The summed E-state index contributed by atoms with van der Waals surface area (Å²) in [5.41, 5.74) is 1.44. The Kier molecular flexibility index (Phi) is 7.25. The largest absolute Gasteiger partial charge is 0.443 e. The molecule has 0 bridgehead atoms. The van der Waals surface area contributed by atoms with Gasteiger partial charge in [-0.2, -0.15) is 0 Å². The summed E-state index contributed by atoms with van der Waals surface area (Å²) >= 11 is 0. The van der Waals surface area contributed by atoms with Gasteiger partial charge in [0.2, 0.25) is 0 Å². The first-order chi connectivity index (χ1) is 16.2. The van der Waals surface area contributed by atoms with Crippen LogP contribution in [0.5, 0.6) is 0 Å². The molecule has 1 aromatic carbocycles. The van der Waals surface area contributed by atoms with E-state index in [1.54, 1.807) is 36.0 Å². The lowest BCUT2D eigenvalue weighted by Crippen LogP contribution is -2.50. The minimum atomic E-state index is -2.66. The molecule has 4 rings (SSSR count). The maximum Gasteiger partial charge on any atom is 0.409 e. The molecule has 2 saturated heterocycles. The van der Waals surface area contributed by atoms with E-state index in [2.05, 4.69) is 9.64 Å². The molecule has 1 aromatic rings. The van der Waals surface area contributed by atoms with Crippen LogP contribution in [0.1, 0.15) is 37.7 Å². The summed E-state index contributed by atoms with van der Waals surface area (Å²) in [5, 5.41) is 0. The number of ether oxygens (including phenoxy) is 1. The zero-order chi connectivity index (χ0) is 24.5. The maximum atomic E-state index is 14.2. The van der Waals surface area contributed by atoms with E-state index < -0.39 is 19.1 Å². The number of alkyl halides is 2. The average Bonchev–Trinajstić information content (AvgIpc) is 2.95. The van der Waals surface area contributed by atoms with Crippen molar-refractivity contribution in [3.63, 3.8) is 0 Å².